The second-order valence-corrected chi connectivity index (χ2v) is 3.67. The maximum atomic E-state index is 12.6. The van der Waals surface area contributed by atoms with Crippen LogP contribution in [0.2, 0.25) is 0 Å². The van der Waals surface area contributed by atoms with E-state index in [1.54, 1.807) is 6.07 Å². The lowest BCUT2D eigenvalue weighted by molar-refractivity contribution is -0.143. The summed E-state index contributed by atoms with van der Waals surface area (Å²) in [5, 5.41) is 17.7. The summed E-state index contributed by atoms with van der Waals surface area (Å²) in [7, 11) is 1.09. The number of rotatable bonds is 3. The van der Waals surface area contributed by atoms with Crippen molar-refractivity contribution >= 4 is 11.6 Å². The lowest BCUT2D eigenvalue weighted by Gasteiger charge is -2.11. The first-order chi connectivity index (χ1) is 9.94. The van der Waals surface area contributed by atoms with E-state index in [2.05, 4.69) is 30.2 Å². The number of ether oxygens (including phenoxy) is 1. The van der Waals surface area contributed by atoms with Crippen LogP contribution in [0, 0.1) is 11.3 Å². The largest absolute Gasteiger partial charge is 0.494 e. The molecule has 0 aliphatic rings. The molecule has 0 fully saturated rings. The van der Waals surface area contributed by atoms with Gasteiger partial charge in [0.25, 0.3) is 0 Å². The Kier molecular flexibility index (Phi) is 3.84. The van der Waals surface area contributed by atoms with E-state index in [0.717, 1.165) is 13.2 Å². The lowest BCUT2D eigenvalue weighted by Crippen LogP contribution is -2.12. The zero-order valence-electron chi connectivity index (χ0n) is 10.5. The van der Waals surface area contributed by atoms with Crippen LogP contribution >= 0.6 is 0 Å². The average molecular weight is 296 g/mol. The van der Waals surface area contributed by atoms with Crippen molar-refractivity contribution in [2.24, 2.45) is 0 Å². The number of hydrogen-bond donors (Lipinski definition) is 1. The zero-order chi connectivity index (χ0) is 15.5. The third kappa shape index (κ3) is 3.33. The molecule has 2 aromatic rings. The molecule has 0 aromatic carbocycles. The average Bonchev–Trinajstić information content (AvgIpc) is 2.46. The van der Waals surface area contributed by atoms with Gasteiger partial charge in [0.05, 0.1) is 19.5 Å². The van der Waals surface area contributed by atoms with Gasteiger partial charge in [-0.15, -0.1) is 10.2 Å². The van der Waals surface area contributed by atoms with Gasteiger partial charge in [-0.05, 0) is 0 Å². The fourth-order valence-corrected chi connectivity index (χ4v) is 1.37. The molecule has 0 aliphatic carbocycles. The smallest absolute Gasteiger partial charge is 0.438 e. The monoisotopic (exact) mass is 296 g/mol. The van der Waals surface area contributed by atoms with Gasteiger partial charge in [0, 0.05) is 6.07 Å². The van der Waals surface area contributed by atoms with E-state index < -0.39 is 17.6 Å². The highest BCUT2D eigenvalue weighted by molar-refractivity contribution is 5.53. The summed E-state index contributed by atoms with van der Waals surface area (Å²) in [6.45, 7) is 0. The van der Waals surface area contributed by atoms with Crippen LogP contribution in [0.5, 0.6) is 5.75 Å². The van der Waals surface area contributed by atoms with Crippen LogP contribution in [-0.2, 0) is 6.18 Å². The molecule has 7 nitrogen and oxygen atoms in total. The molecule has 0 saturated heterocycles. The Morgan fingerprint density at radius 2 is 1.95 bits per heavy atom. The minimum absolute atomic E-state index is 0.00106. The van der Waals surface area contributed by atoms with Crippen LogP contribution in [0.1, 0.15) is 11.4 Å². The van der Waals surface area contributed by atoms with Gasteiger partial charge < -0.3 is 10.1 Å². The van der Waals surface area contributed by atoms with Gasteiger partial charge in [-0.25, -0.2) is 9.97 Å². The number of anilines is 2. The molecule has 0 amide bonds. The summed E-state index contributed by atoms with van der Waals surface area (Å²) in [5.41, 5.74) is -1.11. The van der Waals surface area contributed by atoms with E-state index in [0.29, 0.717) is 0 Å². The summed E-state index contributed by atoms with van der Waals surface area (Å²) in [4.78, 5) is 7.59. The van der Waals surface area contributed by atoms with Gasteiger partial charge in [-0.2, -0.15) is 18.4 Å². The Bertz CT molecular complexity index is 680. The van der Waals surface area contributed by atoms with Crippen molar-refractivity contribution in [1.82, 2.24) is 20.2 Å². The predicted octanol–water partition coefficient (Wildman–Crippen LogP) is 1.91. The number of nitriles is 1. The van der Waals surface area contributed by atoms with Crippen LogP contribution in [-0.4, -0.2) is 27.3 Å². The van der Waals surface area contributed by atoms with E-state index in [1.165, 1.54) is 12.4 Å². The summed E-state index contributed by atoms with van der Waals surface area (Å²) in [5.74, 6) is -0.273. The second-order valence-electron chi connectivity index (χ2n) is 3.67. The molecule has 1 N–H and O–H groups in total. The van der Waals surface area contributed by atoms with Crippen molar-refractivity contribution < 1.29 is 17.9 Å². The first-order valence-corrected chi connectivity index (χ1v) is 5.42. The maximum absolute atomic E-state index is 12.6. The molecule has 0 radical (unpaired) electrons. The van der Waals surface area contributed by atoms with Gasteiger partial charge in [0.15, 0.2) is 17.3 Å². The minimum atomic E-state index is -4.66. The SMILES string of the molecule is COc1cc(Nc2cnc(C#N)cn2)nnc1C(F)(F)F. The number of halogens is 3. The Labute approximate surface area is 116 Å². The molecule has 10 heteroatoms. The molecule has 0 saturated carbocycles. The van der Waals surface area contributed by atoms with Crippen molar-refractivity contribution in [1.29, 1.82) is 5.26 Å². The van der Waals surface area contributed by atoms with Crippen LogP contribution in [0.15, 0.2) is 18.5 Å². The first kappa shape index (κ1) is 14.4. The number of nitrogens with one attached hydrogen (secondary N) is 1. The maximum Gasteiger partial charge on any atom is 0.438 e. The molecule has 0 spiro atoms. The van der Waals surface area contributed by atoms with Crippen molar-refractivity contribution in [3.05, 3.63) is 29.8 Å². The molecule has 0 unspecified atom stereocenters. The quantitative estimate of drug-likeness (QED) is 0.923. The molecule has 2 aromatic heterocycles. The normalized spacial score (nSPS) is 10.8. The lowest BCUT2D eigenvalue weighted by atomic mass is 10.3. The van der Waals surface area contributed by atoms with Crippen molar-refractivity contribution in [2.75, 3.05) is 12.4 Å². The number of nitrogens with zero attached hydrogens (tertiary/aromatic N) is 5. The summed E-state index contributed by atoms with van der Waals surface area (Å²) in [6.07, 6.45) is -2.22. The Morgan fingerprint density at radius 1 is 1.19 bits per heavy atom. The molecule has 21 heavy (non-hydrogen) atoms. The predicted molar refractivity (Wildman–Crippen MR) is 63.6 cm³/mol. The third-order valence-corrected chi connectivity index (χ3v) is 2.27. The molecular formula is C11H7F3N6O. The molecule has 0 atom stereocenters. The van der Waals surface area contributed by atoms with E-state index in [4.69, 9.17) is 5.26 Å². The van der Waals surface area contributed by atoms with Crippen LogP contribution < -0.4 is 10.1 Å². The van der Waals surface area contributed by atoms with Crippen LogP contribution in [0.4, 0.5) is 24.8 Å². The van der Waals surface area contributed by atoms with E-state index in [9.17, 15) is 13.2 Å². The highest BCUT2D eigenvalue weighted by Crippen LogP contribution is 2.34. The van der Waals surface area contributed by atoms with Crippen molar-refractivity contribution in [2.45, 2.75) is 6.18 Å². The molecule has 108 valence electrons. The highest BCUT2D eigenvalue weighted by Gasteiger charge is 2.37. The van der Waals surface area contributed by atoms with Crippen molar-refractivity contribution in [3.63, 3.8) is 0 Å². The fourth-order valence-electron chi connectivity index (χ4n) is 1.37. The third-order valence-electron chi connectivity index (χ3n) is 2.27. The minimum Gasteiger partial charge on any atom is -0.494 e. The van der Waals surface area contributed by atoms with Crippen LogP contribution in [0.3, 0.4) is 0 Å². The number of alkyl halides is 3. The summed E-state index contributed by atoms with van der Waals surface area (Å²) >= 11 is 0. The molecule has 2 rings (SSSR count). The Morgan fingerprint density at radius 3 is 2.48 bits per heavy atom. The van der Waals surface area contributed by atoms with E-state index >= 15 is 0 Å². The Balaban J connectivity index is 2.27. The fraction of sp³-hybridized carbons (Fsp3) is 0.182. The van der Waals surface area contributed by atoms with E-state index in [1.807, 2.05) is 0 Å². The molecule has 2 heterocycles. The Hall–Kier alpha value is -2.96. The summed E-state index contributed by atoms with van der Waals surface area (Å²) in [6, 6.07) is 2.82. The van der Waals surface area contributed by atoms with Crippen molar-refractivity contribution in [3.8, 4) is 11.8 Å². The molecular weight excluding hydrogens is 289 g/mol. The van der Waals surface area contributed by atoms with Gasteiger partial charge in [-0.3, -0.25) is 0 Å². The first-order valence-electron chi connectivity index (χ1n) is 5.42. The standard InChI is InChI=1S/C11H7F3N6O/c1-21-7-2-8(19-20-10(7)11(12,13)14)18-9-5-16-6(3-15)4-17-9/h2,4-5H,1H3,(H,17,18,19). The number of aromatic nitrogens is 4. The van der Waals surface area contributed by atoms with Gasteiger partial charge in [0.1, 0.15) is 11.9 Å². The molecule has 0 bridgehead atoms. The van der Waals surface area contributed by atoms with Crippen LogP contribution in [0.25, 0.3) is 0 Å². The van der Waals surface area contributed by atoms with E-state index in [-0.39, 0.29) is 17.3 Å². The van der Waals surface area contributed by atoms with Gasteiger partial charge in [-0.1, -0.05) is 0 Å². The van der Waals surface area contributed by atoms with Gasteiger partial charge >= 0.3 is 6.18 Å². The molecule has 0 aliphatic heterocycles. The second kappa shape index (κ2) is 5.58. The van der Waals surface area contributed by atoms with Gasteiger partial charge in [0.2, 0.25) is 5.69 Å². The number of hydrogen-bond acceptors (Lipinski definition) is 7. The zero-order valence-corrected chi connectivity index (χ0v) is 10.5. The number of methoxy groups -OCH3 is 1. The topological polar surface area (TPSA) is 96.6 Å². The summed E-state index contributed by atoms with van der Waals surface area (Å²) < 4.78 is 42.5. The highest BCUT2D eigenvalue weighted by atomic mass is 19.4.